The van der Waals surface area contributed by atoms with Crippen LogP contribution in [0.4, 0.5) is 5.82 Å². The van der Waals surface area contributed by atoms with E-state index in [1.807, 2.05) is 61.5 Å². The Hall–Kier alpha value is -3.60. The van der Waals surface area contributed by atoms with Gasteiger partial charge in [0.15, 0.2) is 11.6 Å². The Kier molecular flexibility index (Phi) is 6.79. The highest BCUT2D eigenvalue weighted by molar-refractivity contribution is 6.02. The lowest BCUT2D eigenvalue weighted by atomic mass is 10.2. The molecule has 1 heterocycles. The molecule has 0 aliphatic heterocycles. The molecule has 1 aromatic heterocycles. The van der Waals surface area contributed by atoms with E-state index in [9.17, 15) is 4.79 Å². The fraction of sp³-hybridized carbons (Fsp3) is 0.130. The summed E-state index contributed by atoms with van der Waals surface area (Å²) < 4.78 is 11.3. The molecular formula is C23H22N2O3. The lowest BCUT2D eigenvalue weighted by Gasteiger charge is -2.08. The summed E-state index contributed by atoms with van der Waals surface area (Å²) >= 11 is 0. The molecule has 1 amide bonds. The fourth-order valence-corrected chi connectivity index (χ4v) is 2.54. The monoisotopic (exact) mass is 374 g/mol. The molecule has 0 fully saturated rings. The van der Waals surface area contributed by atoms with Gasteiger partial charge in [-0.2, -0.15) is 0 Å². The van der Waals surface area contributed by atoms with Crippen LogP contribution in [0.2, 0.25) is 0 Å². The summed E-state index contributed by atoms with van der Waals surface area (Å²) in [6.45, 7) is 2.87. The van der Waals surface area contributed by atoms with Gasteiger partial charge in [0.25, 0.3) is 0 Å². The average molecular weight is 374 g/mol. The van der Waals surface area contributed by atoms with Crippen molar-refractivity contribution >= 4 is 17.8 Å². The lowest BCUT2D eigenvalue weighted by Crippen LogP contribution is -2.10. The van der Waals surface area contributed by atoms with E-state index in [1.165, 1.54) is 6.08 Å². The summed E-state index contributed by atoms with van der Waals surface area (Å²) in [5.41, 5.74) is 1.97. The van der Waals surface area contributed by atoms with Crippen LogP contribution in [0.1, 0.15) is 18.1 Å². The Labute approximate surface area is 164 Å². The van der Waals surface area contributed by atoms with Crippen molar-refractivity contribution in [3.05, 3.63) is 90.1 Å². The smallest absolute Gasteiger partial charge is 0.249 e. The molecule has 0 radical (unpaired) electrons. The van der Waals surface area contributed by atoms with Gasteiger partial charge in [0.05, 0.1) is 6.61 Å². The number of nitrogens with zero attached hydrogens (tertiary/aromatic N) is 1. The van der Waals surface area contributed by atoms with Crippen LogP contribution in [0, 0.1) is 0 Å². The Morgan fingerprint density at radius 1 is 1.04 bits per heavy atom. The van der Waals surface area contributed by atoms with E-state index in [4.69, 9.17) is 9.47 Å². The highest BCUT2D eigenvalue weighted by atomic mass is 16.5. The van der Waals surface area contributed by atoms with Crippen molar-refractivity contribution in [1.82, 2.24) is 4.98 Å². The predicted octanol–water partition coefficient (Wildman–Crippen LogP) is 4.71. The Balaban J connectivity index is 1.60. The minimum atomic E-state index is -0.282. The standard InChI is InChI=1S/C23H22N2O3/c1-2-27-21-12-7-15-24-23(21)25-22(26)14-13-18-10-6-11-20(16-18)28-17-19-8-4-3-5-9-19/h3-16H,2,17H2,1H3,(H,24,25,26)/b14-13+. The number of benzene rings is 2. The van der Waals surface area contributed by atoms with Crippen LogP contribution in [0.15, 0.2) is 79.0 Å². The number of nitrogens with one attached hydrogen (secondary N) is 1. The molecule has 5 heteroatoms. The third-order valence-electron chi connectivity index (χ3n) is 3.85. The van der Waals surface area contributed by atoms with Gasteiger partial charge in [-0.25, -0.2) is 4.98 Å². The van der Waals surface area contributed by atoms with Crippen molar-refractivity contribution in [2.75, 3.05) is 11.9 Å². The van der Waals surface area contributed by atoms with Crippen LogP contribution in [0.25, 0.3) is 6.08 Å². The molecule has 1 N–H and O–H groups in total. The topological polar surface area (TPSA) is 60.5 Å². The molecule has 142 valence electrons. The van der Waals surface area contributed by atoms with Crippen LogP contribution >= 0.6 is 0 Å². The molecule has 2 aromatic carbocycles. The van der Waals surface area contributed by atoms with Crippen molar-refractivity contribution in [3.8, 4) is 11.5 Å². The highest BCUT2D eigenvalue weighted by Gasteiger charge is 2.06. The summed E-state index contributed by atoms with van der Waals surface area (Å²) in [4.78, 5) is 16.4. The largest absolute Gasteiger partial charge is 0.490 e. The Morgan fingerprint density at radius 2 is 1.89 bits per heavy atom. The highest BCUT2D eigenvalue weighted by Crippen LogP contribution is 2.21. The molecule has 28 heavy (non-hydrogen) atoms. The van der Waals surface area contributed by atoms with E-state index in [0.717, 1.165) is 16.9 Å². The van der Waals surface area contributed by atoms with E-state index in [0.29, 0.717) is 24.8 Å². The van der Waals surface area contributed by atoms with Gasteiger partial charge >= 0.3 is 0 Å². The van der Waals surface area contributed by atoms with Crippen molar-refractivity contribution in [2.45, 2.75) is 13.5 Å². The molecule has 0 aliphatic rings. The van der Waals surface area contributed by atoms with Crippen molar-refractivity contribution in [1.29, 1.82) is 0 Å². The van der Waals surface area contributed by atoms with E-state index < -0.39 is 0 Å². The lowest BCUT2D eigenvalue weighted by molar-refractivity contribution is -0.111. The van der Waals surface area contributed by atoms with Crippen LogP contribution in [0.3, 0.4) is 0 Å². The first kappa shape index (κ1) is 19.2. The average Bonchev–Trinajstić information content (AvgIpc) is 2.73. The fourth-order valence-electron chi connectivity index (χ4n) is 2.54. The Bertz CT molecular complexity index is 939. The zero-order valence-electron chi connectivity index (χ0n) is 15.7. The second-order valence-electron chi connectivity index (χ2n) is 5.95. The summed E-state index contributed by atoms with van der Waals surface area (Å²) in [5, 5.41) is 2.73. The third kappa shape index (κ3) is 5.71. The van der Waals surface area contributed by atoms with Gasteiger partial charge in [0.2, 0.25) is 5.91 Å². The van der Waals surface area contributed by atoms with Gasteiger partial charge in [0.1, 0.15) is 12.4 Å². The molecule has 0 unspecified atom stereocenters. The number of rotatable bonds is 8. The normalized spacial score (nSPS) is 10.6. The number of hydrogen-bond acceptors (Lipinski definition) is 4. The first-order valence-electron chi connectivity index (χ1n) is 9.08. The number of aromatic nitrogens is 1. The van der Waals surface area contributed by atoms with E-state index in [-0.39, 0.29) is 5.91 Å². The van der Waals surface area contributed by atoms with Crippen LogP contribution in [0.5, 0.6) is 11.5 Å². The van der Waals surface area contributed by atoms with Gasteiger partial charge in [-0.3, -0.25) is 4.79 Å². The van der Waals surface area contributed by atoms with Crippen LogP contribution in [-0.2, 0) is 11.4 Å². The first-order valence-corrected chi connectivity index (χ1v) is 9.08. The molecule has 0 spiro atoms. The van der Waals surface area contributed by atoms with E-state index >= 15 is 0 Å². The number of amides is 1. The molecule has 0 saturated heterocycles. The molecule has 0 aliphatic carbocycles. The maximum atomic E-state index is 12.2. The number of hydrogen-bond donors (Lipinski definition) is 1. The minimum absolute atomic E-state index is 0.282. The number of pyridine rings is 1. The zero-order valence-corrected chi connectivity index (χ0v) is 15.7. The maximum absolute atomic E-state index is 12.2. The molecule has 0 atom stereocenters. The second kappa shape index (κ2) is 9.92. The summed E-state index contributed by atoms with van der Waals surface area (Å²) in [7, 11) is 0. The van der Waals surface area contributed by atoms with Crippen LogP contribution in [-0.4, -0.2) is 17.5 Å². The summed E-state index contributed by atoms with van der Waals surface area (Å²) in [6.07, 6.45) is 4.80. The van der Waals surface area contributed by atoms with Gasteiger partial charge in [0, 0.05) is 12.3 Å². The number of carbonyl (C=O) groups excluding carboxylic acids is 1. The maximum Gasteiger partial charge on any atom is 0.249 e. The minimum Gasteiger partial charge on any atom is -0.490 e. The van der Waals surface area contributed by atoms with Crippen LogP contribution < -0.4 is 14.8 Å². The zero-order chi connectivity index (χ0) is 19.6. The summed E-state index contributed by atoms with van der Waals surface area (Å²) in [6, 6.07) is 21.1. The van der Waals surface area contributed by atoms with Crippen molar-refractivity contribution in [3.63, 3.8) is 0 Å². The molecular weight excluding hydrogens is 352 g/mol. The van der Waals surface area contributed by atoms with Gasteiger partial charge < -0.3 is 14.8 Å². The second-order valence-corrected chi connectivity index (χ2v) is 5.95. The third-order valence-corrected chi connectivity index (χ3v) is 3.85. The SMILES string of the molecule is CCOc1cccnc1NC(=O)/C=C/c1cccc(OCc2ccccc2)c1. The van der Waals surface area contributed by atoms with Gasteiger partial charge in [-0.15, -0.1) is 0 Å². The molecule has 3 aromatic rings. The van der Waals surface area contributed by atoms with E-state index in [2.05, 4.69) is 10.3 Å². The van der Waals surface area contributed by atoms with Crippen molar-refractivity contribution in [2.24, 2.45) is 0 Å². The van der Waals surface area contributed by atoms with Gasteiger partial charge in [-0.05, 0) is 48.4 Å². The predicted molar refractivity (Wildman–Crippen MR) is 110 cm³/mol. The Morgan fingerprint density at radius 3 is 2.71 bits per heavy atom. The number of anilines is 1. The van der Waals surface area contributed by atoms with Gasteiger partial charge in [-0.1, -0.05) is 42.5 Å². The summed E-state index contributed by atoms with van der Waals surface area (Å²) in [5.74, 6) is 1.41. The molecule has 0 saturated carbocycles. The van der Waals surface area contributed by atoms with E-state index in [1.54, 1.807) is 24.4 Å². The molecule has 3 rings (SSSR count). The van der Waals surface area contributed by atoms with Crippen molar-refractivity contribution < 1.29 is 14.3 Å². The molecule has 0 bridgehead atoms. The first-order chi connectivity index (χ1) is 13.7. The number of ether oxygens (including phenoxy) is 2. The molecule has 5 nitrogen and oxygen atoms in total. The quantitative estimate of drug-likeness (QED) is 0.580. The number of carbonyl (C=O) groups is 1.